The molecule has 0 saturated heterocycles. The summed E-state index contributed by atoms with van der Waals surface area (Å²) in [6, 6.07) is 2.97. The first-order chi connectivity index (χ1) is 7.89. The van der Waals surface area contributed by atoms with Crippen molar-refractivity contribution in [3.63, 3.8) is 0 Å². The van der Waals surface area contributed by atoms with Crippen LogP contribution in [0, 0.1) is 5.82 Å². The molecule has 0 atom stereocenters. The van der Waals surface area contributed by atoms with Gasteiger partial charge in [-0.3, -0.25) is 0 Å². The van der Waals surface area contributed by atoms with Crippen LogP contribution in [-0.4, -0.2) is 10.2 Å². The van der Waals surface area contributed by atoms with Gasteiger partial charge in [-0.05, 0) is 23.7 Å². The Morgan fingerprint density at radius 2 is 1.88 bits per heavy atom. The highest BCUT2D eigenvalue weighted by Crippen LogP contribution is 2.36. The van der Waals surface area contributed by atoms with Crippen molar-refractivity contribution in [2.24, 2.45) is 0 Å². The molecule has 2 aromatic rings. The number of benzene rings is 1. The molecule has 0 amide bonds. The zero-order valence-corrected chi connectivity index (χ0v) is 9.50. The molecule has 1 heterocycles. The van der Waals surface area contributed by atoms with Crippen molar-refractivity contribution < 1.29 is 17.6 Å². The number of alkyl halides is 3. The van der Waals surface area contributed by atoms with Gasteiger partial charge >= 0.3 is 6.18 Å². The van der Waals surface area contributed by atoms with Crippen molar-refractivity contribution in [2.75, 3.05) is 0 Å². The van der Waals surface area contributed by atoms with Gasteiger partial charge in [0.25, 0.3) is 0 Å². The smallest absolute Gasteiger partial charge is 0.206 e. The van der Waals surface area contributed by atoms with E-state index in [1.807, 2.05) is 0 Å². The molecule has 17 heavy (non-hydrogen) atoms. The van der Waals surface area contributed by atoms with Gasteiger partial charge in [0.2, 0.25) is 4.47 Å². The van der Waals surface area contributed by atoms with Crippen molar-refractivity contribution in [3.05, 3.63) is 34.0 Å². The summed E-state index contributed by atoms with van der Waals surface area (Å²) in [7, 11) is 0. The Labute approximate surface area is 102 Å². The zero-order valence-electron chi connectivity index (χ0n) is 7.92. The normalized spacial score (nSPS) is 11.8. The highest BCUT2D eigenvalue weighted by atomic mass is 35.5. The summed E-state index contributed by atoms with van der Waals surface area (Å²) >= 11 is 6.30. The summed E-state index contributed by atoms with van der Waals surface area (Å²) in [4.78, 5) is 0. The predicted molar refractivity (Wildman–Crippen MR) is 55.3 cm³/mol. The molecular weight excluding hydrogens is 280 g/mol. The maximum atomic E-state index is 13.6. The third kappa shape index (κ3) is 2.39. The van der Waals surface area contributed by atoms with Crippen molar-refractivity contribution in [1.82, 2.24) is 10.2 Å². The fourth-order valence-corrected chi connectivity index (χ4v) is 2.08. The van der Waals surface area contributed by atoms with E-state index in [1.165, 1.54) is 6.07 Å². The lowest BCUT2D eigenvalue weighted by atomic mass is 10.1. The van der Waals surface area contributed by atoms with Gasteiger partial charge in [-0.2, -0.15) is 13.2 Å². The summed E-state index contributed by atoms with van der Waals surface area (Å²) in [5, 5.41) is 6.92. The number of halogens is 5. The standard InChI is InChI=1S/C9H3ClF4N2S/c10-8-16-15-7(17-8)4-2-1-3-5(6(4)11)9(12,13)14/h1-3H. The zero-order chi connectivity index (χ0) is 12.6. The number of hydrogen-bond acceptors (Lipinski definition) is 3. The van der Waals surface area contributed by atoms with Gasteiger partial charge in [0.05, 0.1) is 5.56 Å². The van der Waals surface area contributed by atoms with E-state index in [-0.39, 0.29) is 15.0 Å². The largest absolute Gasteiger partial charge is 0.419 e. The average Bonchev–Trinajstić information content (AvgIpc) is 2.63. The van der Waals surface area contributed by atoms with Crippen LogP contribution in [0.1, 0.15) is 5.56 Å². The average molecular weight is 283 g/mol. The van der Waals surface area contributed by atoms with Crippen LogP contribution in [0.2, 0.25) is 4.47 Å². The highest BCUT2D eigenvalue weighted by molar-refractivity contribution is 7.18. The third-order valence-electron chi connectivity index (χ3n) is 1.93. The van der Waals surface area contributed by atoms with Gasteiger partial charge in [-0.1, -0.05) is 17.4 Å². The molecule has 0 spiro atoms. The second-order valence-corrected chi connectivity index (χ2v) is 4.58. The Morgan fingerprint density at radius 1 is 1.18 bits per heavy atom. The number of aromatic nitrogens is 2. The Hall–Kier alpha value is -1.21. The van der Waals surface area contributed by atoms with E-state index < -0.39 is 17.6 Å². The predicted octanol–water partition coefficient (Wildman–Crippen LogP) is 4.02. The molecule has 0 N–H and O–H groups in total. The molecule has 0 fully saturated rings. The molecule has 90 valence electrons. The topological polar surface area (TPSA) is 25.8 Å². The number of rotatable bonds is 1. The number of nitrogens with zero attached hydrogens (tertiary/aromatic N) is 2. The summed E-state index contributed by atoms with van der Waals surface area (Å²) in [5.74, 6) is -1.37. The Balaban J connectivity index is 2.57. The second kappa shape index (κ2) is 4.23. The summed E-state index contributed by atoms with van der Waals surface area (Å²) in [6.45, 7) is 0. The van der Waals surface area contributed by atoms with Gasteiger partial charge in [-0.15, -0.1) is 10.2 Å². The molecule has 0 unspecified atom stereocenters. The van der Waals surface area contributed by atoms with Crippen LogP contribution >= 0.6 is 22.9 Å². The summed E-state index contributed by atoms with van der Waals surface area (Å²) in [6.07, 6.45) is -4.74. The molecule has 0 radical (unpaired) electrons. The fourth-order valence-electron chi connectivity index (χ4n) is 1.23. The van der Waals surface area contributed by atoms with E-state index in [2.05, 4.69) is 10.2 Å². The van der Waals surface area contributed by atoms with Crippen LogP contribution in [-0.2, 0) is 6.18 Å². The molecule has 1 aromatic heterocycles. The first-order valence-electron chi connectivity index (χ1n) is 4.24. The van der Waals surface area contributed by atoms with Gasteiger partial charge in [-0.25, -0.2) is 4.39 Å². The summed E-state index contributed by atoms with van der Waals surface area (Å²) < 4.78 is 51.0. The van der Waals surface area contributed by atoms with Crippen LogP contribution in [0.15, 0.2) is 18.2 Å². The SMILES string of the molecule is Fc1c(-c2nnc(Cl)s2)cccc1C(F)(F)F. The van der Waals surface area contributed by atoms with E-state index in [9.17, 15) is 17.6 Å². The molecule has 0 aliphatic heterocycles. The Morgan fingerprint density at radius 3 is 2.41 bits per heavy atom. The molecule has 0 bridgehead atoms. The maximum Gasteiger partial charge on any atom is 0.419 e. The molecular formula is C9H3ClF4N2S. The van der Waals surface area contributed by atoms with Gasteiger partial charge in [0, 0.05) is 5.56 Å². The lowest BCUT2D eigenvalue weighted by Gasteiger charge is -2.09. The van der Waals surface area contributed by atoms with E-state index in [4.69, 9.17) is 11.6 Å². The minimum absolute atomic E-state index is 0.0126. The van der Waals surface area contributed by atoms with Gasteiger partial charge < -0.3 is 0 Å². The molecule has 0 saturated carbocycles. The lowest BCUT2D eigenvalue weighted by molar-refractivity contribution is -0.139. The van der Waals surface area contributed by atoms with Crippen molar-refractivity contribution >= 4 is 22.9 Å². The molecule has 0 aliphatic carbocycles. The van der Waals surface area contributed by atoms with E-state index in [1.54, 1.807) is 0 Å². The van der Waals surface area contributed by atoms with Crippen molar-refractivity contribution in [3.8, 4) is 10.6 Å². The molecule has 2 nitrogen and oxygen atoms in total. The van der Waals surface area contributed by atoms with Crippen LogP contribution in [0.3, 0.4) is 0 Å². The molecule has 1 aromatic carbocycles. The van der Waals surface area contributed by atoms with Crippen molar-refractivity contribution in [1.29, 1.82) is 0 Å². The Bertz CT molecular complexity index is 552. The van der Waals surface area contributed by atoms with Crippen LogP contribution in [0.25, 0.3) is 10.6 Å². The van der Waals surface area contributed by atoms with Gasteiger partial charge in [0.1, 0.15) is 5.82 Å². The first kappa shape index (κ1) is 12.3. The molecule has 8 heteroatoms. The van der Waals surface area contributed by atoms with Crippen LogP contribution in [0.5, 0.6) is 0 Å². The number of hydrogen-bond donors (Lipinski definition) is 0. The van der Waals surface area contributed by atoms with Crippen LogP contribution in [0.4, 0.5) is 17.6 Å². The quantitative estimate of drug-likeness (QED) is 0.738. The van der Waals surface area contributed by atoms with Crippen molar-refractivity contribution in [2.45, 2.75) is 6.18 Å². The minimum atomic E-state index is -4.74. The van der Waals surface area contributed by atoms with E-state index in [0.717, 1.165) is 17.4 Å². The van der Waals surface area contributed by atoms with E-state index >= 15 is 0 Å². The lowest BCUT2D eigenvalue weighted by Crippen LogP contribution is -2.08. The Kier molecular flexibility index (Phi) is 3.05. The third-order valence-corrected chi connectivity index (χ3v) is 2.99. The maximum absolute atomic E-state index is 13.6. The minimum Gasteiger partial charge on any atom is -0.206 e. The second-order valence-electron chi connectivity index (χ2n) is 3.03. The highest BCUT2D eigenvalue weighted by Gasteiger charge is 2.35. The monoisotopic (exact) mass is 282 g/mol. The molecule has 2 rings (SSSR count). The van der Waals surface area contributed by atoms with E-state index in [0.29, 0.717) is 6.07 Å². The van der Waals surface area contributed by atoms with Gasteiger partial charge in [0.15, 0.2) is 5.01 Å². The fraction of sp³-hybridized carbons (Fsp3) is 0.111. The summed E-state index contributed by atoms with van der Waals surface area (Å²) in [5.41, 5.74) is -1.59. The van der Waals surface area contributed by atoms with Crippen LogP contribution < -0.4 is 0 Å². The first-order valence-corrected chi connectivity index (χ1v) is 5.44. The molecule has 0 aliphatic rings.